The van der Waals surface area contributed by atoms with E-state index in [0.717, 1.165) is 31.2 Å². The van der Waals surface area contributed by atoms with Gasteiger partial charge in [0.05, 0.1) is 11.8 Å². The fraction of sp³-hybridized carbons (Fsp3) is 0.529. The van der Waals surface area contributed by atoms with Gasteiger partial charge in [-0.25, -0.2) is 0 Å². The Balaban J connectivity index is 1.78. The third-order valence-electron chi connectivity index (χ3n) is 4.75. The third-order valence-corrected chi connectivity index (χ3v) is 4.75. The smallest absolute Gasteiger partial charge is 0.308 e. The van der Waals surface area contributed by atoms with Gasteiger partial charge in [0.2, 0.25) is 5.91 Å². The molecule has 1 aliphatic heterocycles. The van der Waals surface area contributed by atoms with Crippen molar-refractivity contribution in [1.29, 1.82) is 0 Å². The van der Waals surface area contributed by atoms with Gasteiger partial charge in [-0.1, -0.05) is 24.3 Å². The van der Waals surface area contributed by atoms with E-state index < -0.39 is 11.9 Å². The van der Waals surface area contributed by atoms with Crippen LogP contribution in [-0.4, -0.2) is 35.0 Å². The summed E-state index contributed by atoms with van der Waals surface area (Å²) >= 11 is 0. The lowest BCUT2D eigenvalue weighted by Crippen LogP contribution is -2.44. The van der Waals surface area contributed by atoms with Crippen LogP contribution in [0.4, 0.5) is 0 Å². The van der Waals surface area contributed by atoms with E-state index in [1.54, 1.807) is 4.90 Å². The first-order valence-electron chi connectivity index (χ1n) is 7.76. The van der Waals surface area contributed by atoms with Gasteiger partial charge in [0, 0.05) is 13.1 Å². The van der Waals surface area contributed by atoms with E-state index in [9.17, 15) is 9.59 Å². The number of carboxylic acids is 1. The van der Waals surface area contributed by atoms with E-state index >= 15 is 0 Å². The van der Waals surface area contributed by atoms with Crippen LogP contribution in [0.3, 0.4) is 0 Å². The number of likely N-dealkylation sites (tertiary alicyclic amines) is 1. The molecule has 2 atom stereocenters. The molecule has 21 heavy (non-hydrogen) atoms. The van der Waals surface area contributed by atoms with Crippen molar-refractivity contribution in [2.45, 2.75) is 38.0 Å². The van der Waals surface area contributed by atoms with Crippen LogP contribution in [0, 0.1) is 5.92 Å². The highest BCUT2D eigenvalue weighted by atomic mass is 16.4. The Bertz CT molecular complexity index is 555. The molecule has 1 amide bonds. The predicted octanol–water partition coefficient (Wildman–Crippen LogP) is 2.43. The van der Waals surface area contributed by atoms with Gasteiger partial charge in [-0.15, -0.1) is 0 Å². The zero-order valence-electron chi connectivity index (χ0n) is 12.1. The van der Waals surface area contributed by atoms with E-state index in [4.69, 9.17) is 5.11 Å². The zero-order valence-corrected chi connectivity index (χ0v) is 12.1. The Hall–Kier alpha value is -1.84. The van der Waals surface area contributed by atoms with Crippen LogP contribution in [0.15, 0.2) is 24.3 Å². The monoisotopic (exact) mass is 287 g/mol. The van der Waals surface area contributed by atoms with Crippen molar-refractivity contribution in [3.63, 3.8) is 0 Å². The van der Waals surface area contributed by atoms with Crippen molar-refractivity contribution in [1.82, 2.24) is 4.90 Å². The van der Waals surface area contributed by atoms with Crippen molar-refractivity contribution in [2.75, 3.05) is 13.1 Å². The molecule has 0 saturated carbocycles. The zero-order chi connectivity index (χ0) is 14.8. The molecule has 2 unspecified atom stereocenters. The molecule has 3 rings (SSSR count). The Morgan fingerprint density at radius 2 is 1.95 bits per heavy atom. The predicted molar refractivity (Wildman–Crippen MR) is 79.1 cm³/mol. The van der Waals surface area contributed by atoms with Crippen LogP contribution in [0.1, 0.15) is 42.7 Å². The standard InChI is InChI=1S/C17H21NO3/c19-16(18-10-4-7-13(11-18)17(20)21)15-9-3-6-12-5-1-2-8-14(12)15/h1-2,5,8,13,15H,3-4,6-7,9-11H2,(H,20,21). The molecule has 1 aromatic carbocycles. The molecule has 1 aromatic rings. The first kappa shape index (κ1) is 14.1. The van der Waals surface area contributed by atoms with Crippen LogP contribution in [0.5, 0.6) is 0 Å². The average molecular weight is 287 g/mol. The second kappa shape index (κ2) is 5.88. The molecule has 0 radical (unpaired) electrons. The lowest BCUT2D eigenvalue weighted by Gasteiger charge is -2.35. The number of fused-ring (bicyclic) bond motifs is 1. The maximum Gasteiger partial charge on any atom is 0.308 e. The summed E-state index contributed by atoms with van der Waals surface area (Å²) in [6.07, 6.45) is 4.42. The fourth-order valence-corrected chi connectivity index (χ4v) is 3.61. The number of carbonyl (C=O) groups is 2. The van der Waals surface area contributed by atoms with E-state index in [0.29, 0.717) is 19.5 Å². The van der Waals surface area contributed by atoms with Crippen molar-refractivity contribution in [2.24, 2.45) is 5.92 Å². The first-order chi connectivity index (χ1) is 10.2. The number of amides is 1. The largest absolute Gasteiger partial charge is 0.481 e. The number of carbonyl (C=O) groups excluding carboxylic acids is 1. The summed E-state index contributed by atoms with van der Waals surface area (Å²) in [6, 6.07) is 8.16. The Morgan fingerprint density at radius 1 is 1.14 bits per heavy atom. The highest BCUT2D eigenvalue weighted by Gasteiger charge is 2.34. The highest BCUT2D eigenvalue weighted by Crippen LogP contribution is 2.33. The topological polar surface area (TPSA) is 57.6 Å². The molecule has 1 saturated heterocycles. The number of hydrogen-bond donors (Lipinski definition) is 1. The Kier molecular flexibility index (Phi) is 3.95. The Morgan fingerprint density at radius 3 is 2.76 bits per heavy atom. The molecule has 4 heteroatoms. The van der Waals surface area contributed by atoms with E-state index in [1.807, 2.05) is 12.1 Å². The molecule has 4 nitrogen and oxygen atoms in total. The van der Waals surface area contributed by atoms with Gasteiger partial charge in [-0.05, 0) is 43.2 Å². The number of piperidine rings is 1. The van der Waals surface area contributed by atoms with Gasteiger partial charge in [-0.2, -0.15) is 0 Å². The number of aryl methyl sites for hydroxylation is 1. The molecule has 1 fully saturated rings. The van der Waals surface area contributed by atoms with Crippen LogP contribution >= 0.6 is 0 Å². The number of benzene rings is 1. The quantitative estimate of drug-likeness (QED) is 0.909. The molecule has 0 spiro atoms. The molecular formula is C17H21NO3. The maximum atomic E-state index is 12.8. The lowest BCUT2D eigenvalue weighted by atomic mass is 9.81. The van der Waals surface area contributed by atoms with Crippen LogP contribution < -0.4 is 0 Å². The van der Waals surface area contributed by atoms with E-state index in [1.165, 1.54) is 5.56 Å². The second-order valence-corrected chi connectivity index (χ2v) is 6.11. The number of nitrogens with zero attached hydrogens (tertiary/aromatic N) is 1. The minimum atomic E-state index is -0.781. The summed E-state index contributed by atoms with van der Waals surface area (Å²) in [5.41, 5.74) is 2.42. The molecular weight excluding hydrogens is 266 g/mol. The van der Waals surface area contributed by atoms with Gasteiger partial charge < -0.3 is 10.0 Å². The molecule has 2 aliphatic rings. The molecule has 1 N–H and O–H groups in total. The Labute approximate surface area is 124 Å². The van der Waals surface area contributed by atoms with Gasteiger partial charge in [0.1, 0.15) is 0 Å². The molecule has 1 aliphatic carbocycles. The van der Waals surface area contributed by atoms with Gasteiger partial charge in [0.25, 0.3) is 0 Å². The second-order valence-electron chi connectivity index (χ2n) is 6.11. The van der Waals surface area contributed by atoms with Gasteiger partial charge in [0.15, 0.2) is 0 Å². The minimum absolute atomic E-state index is 0.0810. The number of carboxylic acid groups (broad SMARTS) is 1. The summed E-state index contributed by atoms with van der Waals surface area (Å²) in [7, 11) is 0. The van der Waals surface area contributed by atoms with Crippen molar-refractivity contribution < 1.29 is 14.7 Å². The van der Waals surface area contributed by atoms with Crippen LogP contribution in [0.25, 0.3) is 0 Å². The van der Waals surface area contributed by atoms with Crippen molar-refractivity contribution in [3.05, 3.63) is 35.4 Å². The summed E-state index contributed by atoms with van der Waals surface area (Å²) in [6.45, 7) is 1.06. The molecule has 0 bridgehead atoms. The van der Waals surface area contributed by atoms with E-state index in [-0.39, 0.29) is 11.8 Å². The first-order valence-corrected chi connectivity index (χ1v) is 7.76. The normalized spacial score (nSPS) is 25.2. The van der Waals surface area contributed by atoms with E-state index in [2.05, 4.69) is 12.1 Å². The third kappa shape index (κ3) is 2.80. The molecule has 112 valence electrons. The summed E-state index contributed by atoms with van der Waals surface area (Å²) in [4.78, 5) is 25.7. The maximum absolute atomic E-state index is 12.8. The SMILES string of the molecule is O=C(O)C1CCCN(C(=O)C2CCCc3ccccc32)C1. The molecule has 1 heterocycles. The molecule has 0 aromatic heterocycles. The number of aliphatic carboxylic acids is 1. The van der Waals surface area contributed by atoms with Gasteiger partial charge in [-0.3, -0.25) is 9.59 Å². The average Bonchev–Trinajstić information content (AvgIpc) is 2.53. The summed E-state index contributed by atoms with van der Waals surface area (Å²) in [5, 5.41) is 9.17. The van der Waals surface area contributed by atoms with Gasteiger partial charge >= 0.3 is 5.97 Å². The van der Waals surface area contributed by atoms with Crippen molar-refractivity contribution in [3.8, 4) is 0 Å². The fourth-order valence-electron chi connectivity index (χ4n) is 3.61. The number of hydrogen-bond acceptors (Lipinski definition) is 2. The summed E-state index contributed by atoms with van der Waals surface area (Å²) < 4.78 is 0. The highest BCUT2D eigenvalue weighted by molar-refractivity contribution is 5.85. The van der Waals surface area contributed by atoms with Crippen LogP contribution in [-0.2, 0) is 16.0 Å². The minimum Gasteiger partial charge on any atom is -0.481 e. The summed E-state index contributed by atoms with van der Waals surface area (Å²) in [5.74, 6) is -1.14. The van der Waals surface area contributed by atoms with Crippen molar-refractivity contribution >= 4 is 11.9 Å². The lowest BCUT2D eigenvalue weighted by molar-refractivity contribution is -0.146. The van der Waals surface area contributed by atoms with Crippen LogP contribution in [0.2, 0.25) is 0 Å². The number of rotatable bonds is 2.